The van der Waals surface area contributed by atoms with Crippen LogP contribution < -0.4 is 0 Å². The molecule has 0 bridgehead atoms. The van der Waals surface area contributed by atoms with E-state index in [1.54, 1.807) is 0 Å². The van der Waals surface area contributed by atoms with Crippen molar-refractivity contribution in [3.63, 3.8) is 0 Å². The number of hydrogen-bond acceptors (Lipinski definition) is 5. The van der Waals surface area contributed by atoms with Gasteiger partial charge in [0.1, 0.15) is 5.69 Å². The molecule has 82 valence electrons. The van der Waals surface area contributed by atoms with Crippen molar-refractivity contribution in [1.82, 2.24) is 0 Å². The summed E-state index contributed by atoms with van der Waals surface area (Å²) in [4.78, 5) is -0.125. The zero-order valence-electron chi connectivity index (χ0n) is 7.67. The van der Waals surface area contributed by atoms with Gasteiger partial charge in [-0.3, -0.25) is 0 Å². The highest BCUT2D eigenvalue weighted by molar-refractivity contribution is 7.90. The van der Waals surface area contributed by atoms with E-state index in [9.17, 15) is 12.6 Å². The lowest BCUT2D eigenvalue weighted by Gasteiger charge is -2.02. The van der Waals surface area contributed by atoms with Crippen LogP contribution in [0.5, 0.6) is 0 Å². The fourth-order valence-electron chi connectivity index (χ4n) is 0.963. The lowest BCUT2D eigenvalue weighted by molar-refractivity contribution is 0.564. The molecule has 6 nitrogen and oxygen atoms in total. The molecule has 1 rings (SSSR count). The van der Waals surface area contributed by atoms with Crippen molar-refractivity contribution in [3.8, 4) is 0 Å². The Morgan fingerprint density at radius 1 is 1.47 bits per heavy atom. The number of benzene rings is 1. The highest BCUT2D eigenvalue weighted by atomic mass is 32.2. The Hall–Kier alpha value is -1.12. The largest absolute Gasteiger partial charge is 0.302 e. The van der Waals surface area contributed by atoms with E-state index < -0.39 is 20.9 Å². The maximum Gasteiger partial charge on any atom is 0.188 e. The van der Waals surface area contributed by atoms with Crippen molar-refractivity contribution < 1.29 is 17.2 Å². The van der Waals surface area contributed by atoms with E-state index in [1.807, 2.05) is 0 Å². The highest BCUT2D eigenvalue weighted by Gasteiger charge is 2.13. The highest BCUT2D eigenvalue weighted by Crippen LogP contribution is 2.25. The lowest BCUT2D eigenvalue weighted by Crippen LogP contribution is -1.98. The molecule has 0 aliphatic rings. The molecule has 1 aromatic carbocycles. The quantitative estimate of drug-likeness (QED) is 0.621. The minimum atomic E-state index is -3.40. The zero-order valence-corrected chi connectivity index (χ0v) is 9.30. The second kappa shape index (κ2) is 4.17. The van der Waals surface area contributed by atoms with Gasteiger partial charge in [-0.25, -0.2) is 18.2 Å². The minimum absolute atomic E-state index is 0.0392. The summed E-state index contributed by atoms with van der Waals surface area (Å²) in [5.41, 5.74) is 6.64. The van der Waals surface area contributed by atoms with Gasteiger partial charge in [-0.15, -0.1) is 0 Å². The van der Waals surface area contributed by atoms with Crippen molar-refractivity contribution in [2.75, 3.05) is 6.26 Å². The maximum atomic E-state index is 11.1. The number of sulfone groups is 1. The van der Waals surface area contributed by atoms with E-state index in [-0.39, 0.29) is 15.5 Å². The van der Waals surface area contributed by atoms with Gasteiger partial charge in [0.05, 0.1) is 9.79 Å². The van der Waals surface area contributed by atoms with Crippen molar-refractivity contribution in [2.45, 2.75) is 9.79 Å². The van der Waals surface area contributed by atoms with Crippen LogP contribution in [0.25, 0.3) is 0 Å². The fraction of sp³-hybridized carbons (Fsp3) is 0.143. The predicted molar refractivity (Wildman–Crippen MR) is 53.4 cm³/mol. The average Bonchev–Trinajstić information content (AvgIpc) is 2.15. The molecule has 2 N–H and O–H groups in total. The SMILES string of the molecule is CS(=O)(=O)c1ccc(S(=O)O)c(N=N)c1. The molecule has 0 aromatic heterocycles. The van der Waals surface area contributed by atoms with Crippen LogP contribution in [-0.2, 0) is 20.9 Å². The Labute approximate surface area is 89.0 Å². The third-order valence-corrected chi connectivity index (χ3v) is 3.50. The molecule has 0 radical (unpaired) electrons. The summed E-state index contributed by atoms with van der Waals surface area (Å²) in [6.07, 6.45) is 1.01. The van der Waals surface area contributed by atoms with Crippen LogP contribution in [0.3, 0.4) is 0 Å². The first-order valence-electron chi connectivity index (χ1n) is 3.68. The summed E-state index contributed by atoms with van der Waals surface area (Å²) >= 11 is -2.28. The summed E-state index contributed by atoms with van der Waals surface area (Å²) in [5, 5.41) is 3.00. The van der Waals surface area contributed by atoms with Crippen LogP contribution in [0.4, 0.5) is 5.69 Å². The Morgan fingerprint density at radius 2 is 2.07 bits per heavy atom. The van der Waals surface area contributed by atoms with E-state index >= 15 is 0 Å². The molecular formula is C7H8N2O4S2. The van der Waals surface area contributed by atoms with Gasteiger partial charge in [0.2, 0.25) is 0 Å². The van der Waals surface area contributed by atoms with Gasteiger partial charge in [0.25, 0.3) is 0 Å². The Kier molecular flexibility index (Phi) is 3.32. The molecule has 0 fully saturated rings. The molecule has 0 saturated heterocycles. The summed E-state index contributed by atoms with van der Waals surface area (Å²) in [6.45, 7) is 0. The second-order valence-corrected chi connectivity index (χ2v) is 5.72. The first kappa shape index (κ1) is 12.0. The van der Waals surface area contributed by atoms with Crippen LogP contribution in [0, 0.1) is 5.53 Å². The molecule has 0 heterocycles. The Morgan fingerprint density at radius 3 is 2.47 bits per heavy atom. The van der Waals surface area contributed by atoms with Crippen LogP contribution in [-0.4, -0.2) is 23.4 Å². The third kappa shape index (κ3) is 2.67. The first-order valence-corrected chi connectivity index (χ1v) is 6.68. The first-order chi connectivity index (χ1) is 6.86. The molecule has 15 heavy (non-hydrogen) atoms. The molecule has 0 amide bonds. The van der Waals surface area contributed by atoms with E-state index in [0.717, 1.165) is 12.3 Å². The average molecular weight is 248 g/mol. The lowest BCUT2D eigenvalue weighted by atomic mass is 10.3. The van der Waals surface area contributed by atoms with E-state index in [1.165, 1.54) is 12.1 Å². The third-order valence-electron chi connectivity index (χ3n) is 1.67. The van der Waals surface area contributed by atoms with Gasteiger partial charge < -0.3 is 4.55 Å². The number of rotatable bonds is 3. The smallest absolute Gasteiger partial charge is 0.188 e. The molecule has 1 unspecified atom stereocenters. The van der Waals surface area contributed by atoms with Crippen molar-refractivity contribution >= 4 is 26.6 Å². The summed E-state index contributed by atoms with van der Waals surface area (Å²) in [7, 11) is -3.40. The summed E-state index contributed by atoms with van der Waals surface area (Å²) in [5.74, 6) is 0. The molecule has 1 aromatic rings. The number of nitrogens with one attached hydrogen (secondary N) is 1. The van der Waals surface area contributed by atoms with Crippen molar-refractivity contribution in [2.24, 2.45) is 5.11 Å². The molecule has 0 aliphatic heterocycles. The number of nitrogens with zero attached hydrogens (tertiary/aromatic N) is 1. The van der Waals surface area contributed by atoms with Gasteiger partial charge in [-0.05, 0) is 18.2 Å². The van der Waals surface area contributed by atoms with E-state index in [4.69, 9.17) is 10.1 Å². The molecular weight excluding hydrogens is 240 g/mol. The van der Waals surface area contributed by atoms with E-state index in [2.05, 4.69) is 5.11 Å². The Balaban J connectivity index is 3.45. The Bertz CT molecular complexity index is 524. The van der Waals surface area contributed by atoms with Crippen LogP contribution in [0.15, 0.2) is 33.1 Å². The van der Waals surface area contributed by atoms with Crippen molar-refractivity contribution in [1.29, 1.82) is 5.53 Å². The molecule has 1 atom stereocenters. The van der Waals surface area contributed by atoms with Gasteiger partial charge >= 0.3 is 0 Å². The maximum absolute atomic E-state index is 11.1. The van der Waals surface area contributed by atoms with Gasteiger partial charge in [0.15, 0.2) is 20.9 Å². The fourth-order valence-corrected chi connectivity index (χ4v) is 2.07. The second-order valence-electron chi connectivity index (χ2n) is 2.76. The standard InChI is InChI=1S/C7H8N2O4S2/c1-15(12,13)5-2-3-7(14(10)11)6(4-5)9-8/h2-4,8H,1H3,(H,10,11). The van der Waals surface area contributed by atoms with Crippen LogP contribution in [0.2, 0.25) is 0 Å². The summed E-state index contributed by atoms with van der Waals surface area (Å²) in [6, 6.07) is 3.46. The predicted octanol–water partition coefficient (Wildman–Crippen LogP) is 1.33. The number of hydrogen-bond donors (Lipinski definition) is 2. The molecule has 0 saturated carbocycles. The normalized spacial score (nSPS) is 13.5. The van der Waals surface area contributed by atoms with Gasteiger partial charge in [0, 0.05) is 6.26 Å². The topological polar surface area (TPSA) is 108 Å². The monoisotopic (exact) mass is 248 g/mol. The van der Waals surface area contributed by atoms with Crippen LogP contribution in [0.1, 0.15) is 0 Å². The zero-order chi connectivity index (χ0) is 11.6. The van der Waals surface area contributed by atoms with Crippen LogP contribution >= 0.6 is 0 Å². The van der Waals surface area contributed by atoms with Gasteiger partial charge in [-0.1, -0.05) is 0 Å². The molecule has 8 heteroatoms. The van der Waals surface area contributed by atoms with E-state index in [0.29, 0.717) is 0 Å². The van der Waals surface area contributed by atoms with Crippen molar-refractivity contribution in [3.05, 3.63) is 18.2 Å². The summed E-state index contributed by atoms with van der Waals surface area (Å²) < 4.78 is 41.9. The molecule has 0 spiro atoms. The minimum Gasteiger partial charge on any atom is -0.302 e. The van der Waals surface area contributed by atoms with Gasteiger partial charge in [-0.2, -0.15) is 5.11 Å². The molecule has 0 aliphatic carbocycles.